The fourth-order valence-corrected chi connectivity index (χ4v) is 1.82. The smallest absolute Gasteiger partial charge is 0.0491 e. The molecule has 2 unspecified atom stereocenters. The number of hydrogen-bond acceptors (Lipinski definition) is 1. The van der Waals surface area contributed by atoms with Crippen LogP contribution in [0, 0.1) is 17.3 Å². The van der Waals surface area contributed by atoms with Crippen LogP contribution in [-0.2, 0) is 0 Å². The van der Waals surface area contributed by atoms with Crippen LogP contribution in [0.1, 0.15) is 33.6 Å². The van der Waals surface area contributed by atoms with Crippen LogP contribution in [0.2, 0.25) is 0 Å². The average Bonchev–Trinajstić information content (AvgIpc) is 2.15. The van der Waals surface area contributed by atoms with Gasteiger partial charge < -0.3 is 5.11 Å². The first kappa shape index (κ1) is 11.5. The molecule has 1 N–H and O–H groups in total. The van der Waals surface area contributed by atoms with E-state index >= 15 is 0 Å². The van der Waals surface area contributed by atoms with E-state index in [1.165, 1.54) is 12.8 Å². The molecule has 1 nitrogen and oxygen atoms in total. The maximum Gasteiger partial charge on any atom is 0.0491 e. The zero-order valence-electron chi connectivity index (χ0n) is 9.53. The van der Waals surface area contributed by atoms with Crippen molar-refractivity contribution in [2.75, 3.05) is 6.61 Å². The summed E-state index contributed by atoms with van der Waals surface area (Å²) in [5, 5.41) is 8.93. The molecule has 0 aliphatic heterocycles. The predicted octanol–water partition coefficient (Wildman–Crippen LogP) is 3.16. The molecule has 1 heteroatoms. The summed E-state index contributed by atoms with van der Waals surface area (Å²) in [4.78, 5) is 0. The third-order valence-electron chi connectivity index (χ3n) is 3.14. The van der Waals surface area contributed by atoms with Gasteiger partial charge in [-0.2, -0.15) is 0 Å². The molecule has 0 aromatic rings. The van der Waals surface area contributed by atoms with Crippen molar-refractivity contribution in [3.8, 4) is 0 Å². The summed E-state index contributed by atoms with van der Waals surface area (Å²) in [6.45, 7) is 6.91. The summed E-state index contributed by atoms with van der Waals surface area (Å²) in [7, 11) is 0. The van der Waals surface area contributed by atoms with Crippen LogP contribution in [0.25, 0.3) is 0 Å². The highest BCUT2D eigenvalue weighted by molar-refractivity contribution is 5.10. The Kier molecular flexibility index (Phi) is 3.94. The van der Waals surface area contributed by atoms with Crippen LogP contribution >= 0.6 is 0 Å². The van der Waals surface area contributed by atoms with Crippen molar-refractivity contribution in [1.82, 2.24) is 0 Å². The second-order valence-corrected chi connectivity index (χ2v) is 5.03. The van der Waals surface area contributed by atoms with E-state index in [4.69, 9.17) is 5.11 Å². The second kappa shape index (κ2) is 4.79. The molecular weight excluding hydrogens is 172 g/mol. The highest BCUT2D eigenvalue weighted by Gasteiger charge is 2.27. The quantitative estimate of drug-likeness (QED) is 0.684. The van der Waals surface area contributed by atoms with Gasteiger partial charge in [0.15, 0.2) is 0 Å². The van der Waals surface area contributed by atoms with Gasteiger partial charge in [-0.15, -0.1) is 0 Å². The van der Waals surface area contributed by atoms with Crippen LogP contribution in [0.3, 0.4) is 0 Å². The van der Waals surface area contributed by atoms with E-state index in [0.717, 1.165) is 0 Å². The maximum atomic E-state index is 8.93. The van der Waals surface area contributed by atoms with Crippen molar-refractivity contribution in [1.29, 1.82) is 0 Å². The van der Waals surface area contributed by atoms with E-state index in [-0.39, 0.29) is 12.5 Å². The van der Waals surface area contributed by atoms with E-state index < -0.39 is 0 Å². The van der Waals surface area contributed by atoms with Crippen molar-refractivity contribution in [2.24, 2.45) is 17.3 Å². The van der Waals surface area contributed by atoms with Gasteiger partial charge in [0.1, 0.15) is 0 Å². The molecule has 0 aromatic carbocycles. The van der Waals surface area contributed by atoms with Crippen molar-refractivity contribution in [3.05, 3.63) is 24.3 Å². The zero-order valence-corrected chi connectivity index (χ0v) is 9.53. The van der Waals surface area contributed by atoms with E-state index in [9.17, 15) is 0 Å². The first-order valence-electron chi connectivity index (χ1n) is 5.52. The van der Waals surface area contributed by atoms with Gasteiger partial charge in [0.05, 0.1) is 0 Å². The summed E-state index contributed by atoms with van der Waals surface area (Å²) in [6, 6.07) is 0. The third-order valence-corrected chi connectivity index (χ3v) is 3.14. The Balaban J connectivity index is 2.62. The minimum atomic E-state index is 0.243. The molecular formula is C13H22O. The van der Waals surface area contributed by atoms with Gasteiger partial charge in [0.25, 0.3) is 0 Å². The van der Waals surface area contributed by atoms with E-state index in [0.29, 0.717) is 11.3 Å². The van der Waals surface area contributed by atoms with Crippen LogP contribution in [0.4, 0.5) is 0 Å². The van der Waals surface area contributed by atoms with Crippen molar-refractivity contribution in [3.63, 3.8) is 0 Å². The molecule has 0 heterocycles. The van der Waals surface area contributed by atoms with Gasteiger partial charge >= 0.3 is 0 Å². The fourth-order valence-electron chi connectivity index (χ4n) is 1.82. The Morgan fingerprint density at radius 2 is 2.29 bits per heavy atom. The SMILES string of the molecule is CC(/C=C/C1C=CCCC1(C)C)CO. The van der Waals surface area contributed by atoms with Gasteiger partial charge in [-0.25, -0.2) is 0 Å². The van der Waals surface area contributed by atoms with Gasteiger partial charge in [-0.05, 0) is 30.1 Å². The van der Waals surface area contributed by atoms with Crippen LogP contribution < -0.4 is 0 Å². The molecule has 0 aromatic heterocycles. The van der Waals surface area contributed by atoms with Gasteiger partial charge in [0, 0.05) is 6.61 Å². The van der Waals surface area contributed by atoms with Crippen LogP contribution in [0.5, 0.6) is 0 Å². The molecule has 2 atom stereocenters. The van der Waals surface area contributed by atoms with Gasteiger partial charge in [0.2, 0.25) is 0 Å². The molecule has 0 amide bonds. The number of allylic oxidation sites excluding steroid dienone is 3. The largest absolute Gasteiger partial charge is 0.396 e. The minimum absolute atomic E-state index is 0.243. The Morgan fingerprint density at radius 1 is 1.57 bits per heavy atom. The number of rotatable bonds is 3. The molecule has 0 saturated heterocycles. The summed E-state index contributed by atoms with van der Waals surface area (Å²) in [5.74, 6) is 0.811. The molecule has 0 spiro atoms. The number of aliphatic hydroxyl groups excluding tert-OH is 1. The van der Waals surface area contributed by atoms with Crippen LogP contribution in [-0.4, -0.2) is 11.7 Å². The molecule has 14 heavy (non-hydrogen) atoms. The lowest BCUT2D eigenvalue weighted by molar-refractivity contribution is 0.254. The van der Waals surface area contributed by atoms with E-state index in [1.807, 2.05) is 6.92 Å². The molecule has 0 radical (unpaired) electrons. The summed E-state index contributed by atoms with van der Waals surface area (Å²) in [5.41, 5.74) is 0.375. The van der Waals surface area contributed by atoms with Gasteiger partial charge in [-0.1, -0.05) is 45.1 Å². The Hall–Kier alpha value is -0.560. The van der Waals surface area contributed by atoms with E-state index in [2.05, 4.69) is 38.2 Å². The summed E-state index contributed by atoms with van der Waals surface area (Å²) in [6.07, 6.45) is 11.4. The topological polar surface area (TPSA) is 20.2 Å². The average molecular weight is 194 g/mol. The lowest BCUT2D eigenvalue weighted by atomic mass is 9.72. The normalized spacial score (nSPS) is 28.1. The predicted molar refractivity (Wildman–Crippen MR) is 61.0 cm³/mol. The summed E-state index contributed by atoms with van der Waals surface area (Å²) < 4.78 is 0. The highest BCUT2D eigenvalue weighted by atomic mass is 16.3. The van der Waals surface area contributed by atoms with E-state index in [1.54, 1.807) is 0 Å². The molecule has 1 aliphatic carbocycles. The van der Waals surface area contributed by atoms with Crippen LogP contribution in [0.15, 0.2) is 24.3 Å². The molecule has 1 rings (SSSR count). The fraction of sp³-hybridized carbons (Fsp3) is 0.692. The van der Waals surface area contributed by atoms with Gasteiger partial charge in [-0.3, -0.25) is 0 Å². The first-order chi connectivity index (χ1) is 6.56. The minimum Gasteiger partial charge on any atom is -0.396 e. The van der Waals surface area contributed by atoms with Crippen molar-refractivity contribution < 1.29 is 5.11 Å². The number of hydrogen-bond donors (Lipinski definition) is 1. The zero-order chi connectivity index (χ0) is 10.6. The highest BCUT2D eigenvalue weighted by Crippen LogP contribution is 2.37. The third kappa shape index (κ3) is 2.98. The summed E-state index contributed by atoms with van der Waals surface area (Å²) >= 11 is 0. The Labute approximate surface area is 87.5 Å². The lowest BCUT2D eigenvalue weighted by Crippen LogP contribution is -2.23. The Bertz CT molecular complexity index is 225. The molecule has 80 valence electrons. The Morgan fingerprint density at radius 3 is 2.86 bits per heavy atom. The maximum absolute atomic E-state index is 8.93. The first-order valence-corrected chi connectivity index (χ1v) is 5.52. The second-order valence-electron chi connectivity index (χ2n) is 5.03. The standard InChI is InChI=1S/C13H22O/c1-11(10-14)7-8-12-6-4-5-9-13(12,2)3/h4,6-8,11-12,14H,5,9-10H2,1-3H3/b8-7+. The van der Waals surface area contributed by atoms with Crippen molar-refractivity contribution in [2.45, 2.75) is 33.6 Å². The van der Waals surface area contributed by atoms with Crippen molar-refractivity contribution >= 4 is 0 Å². The lowest BCUT2D eigenvalue weighted by Gasteiger charge is -2.33. The molecule has 0 bridgehead atoms. The number of aliphatic hydroxyl groups is 1. The molecule has 0 fully saturated rings. The molecule has 0 saturated carbocycles. The monoisotopic (exact) mass is 194 g/mol. The molecule has 1 aliphatic rings.